The Kier molecular flexibility index (Phi) is 7.22. The highest BCUT2D eigenvalue weighted by Gasteiger charge is 2.25. The van der Waals surface area contributed by atoms with Gasteiger partial charge >= 0.3 is 0 Å². The zero-order valence-electron chi connectivity index (χ0n) is 19.3. The molecule has 34 heavy (non-hydrogen) atoms. The molecule has 0 saturated carbocycles. The molecule has 2 heterocycles. The molecule has 0 saturated heterocycles. The van der Waals surface area contributed by atoms with Crippen LogP contribution in [0, 0.1) is 5.92 Å². The van der Waals surface area contributed by atoms with Crippen molar-refractivity contribution in [1.29, 1.82) is 0 Å². The average Bonchev–Trinajstić information content (AvgIpc) is 3.56. The van der Waals surface area contributed by atoms with Gasteiger partial charge < -0.3 is 15.1 Å². The van der Waals surface area contributed by atoms with Crippen molar-refractivity contribution in [2.75, 3.05) is 0 Å². The van der Waals surface area contributed by atoms with Crippen LogP contribution in [0.5, 0.6) is 0 Å². The third-order valence-electron chi connectivity index (χ3n) is 5.62. The van der Waals surface area contributed by atoms with E-state index in [2.05, 4.69) is 40.0 Å². The van der Waals surface area contributed by atoms with Crippen LogP contribution >= 0.6 is 0 Å². The first-order valence-electron chi connectivity index (χ1n) is 11.3. The molecule has 7 heteroatoms. The molecule has 0 bridgehead atoms. The minimum atomic E-state index is -0.675. The smallest absolute Gasteiger partial charge is 0.287 e. The Hall–Kier alpha value is -4.13. The molecule has 4 aromatic rings. The lowest BCUT2D eigenvalue weighted by molar-refractivity contribution is -0.124. The third-order valence-corrected chi connectivity index (χ3v) is 5.62. The van der Waals surface area contributed by atoms with Gasteiger partial charge in [0, 0.05) is 18.9 Å². The van der Waals surface area contributed by atoms with E-state index in [-0.39, 0.29) is 17.6 Å². The molecular weight excluding hydrogens is 428 g/mol. The Morgan fingerprint density at radius 1 is 1.00 bits per heavy atom. The van der Waals surface area contributed by atoms with Crippen LogP contribution < -0.4 is 10.6 Å². The molecule has 1 unspecified atom stereocenters. The molecule has 0 aliphatic heterocycles. The van der Waals surface area contributed by atoms with E-state index < -0.39 is 11.9 Å². The van der Waals surface area contributed by atoms with Crippen molar-refractivity contribution in [2.24, 2.45) is 5.92 Å². The zero-order chi connectivity index (χ0) is 23.9. The normalized spacial score (nSPS) is 11.9. The number of hydrogen-bond donors (Lipinski definition) is 2. The summed E-state index contributed by atoms with van der Waals surface area (Å²) in [7, 11) is 0. The lowest BCUT2D eigenvalue weighted by atomic mass is 9.98. The number of amides is 2. The number of rotatable bonds is 9. The highest BCUT2D eigenvalue weighted by molar-refractivity contribution is 5.95. The second-order valence-corrected chi connectivity index (χ2v) is 8.45. The summed E-state index contributed by atoms with van der Waals surface area (Å²) in [6.07, 6.45) is 5.14. The number of nitrogens with zero attached hydrogens (tertiary/aromatic N) is 2. The maximum atomic E-state index is 12.9. The number of aromatic nitrogens is 2. The van der Waals surface area contributed by atoms with Gasteiger partial charge in [-0.25, -0.2) is 0 Å². The Labute approximate surface area is 198 Å². The summed E-state index contributed by atoms with van der Waals surface area (Å²) in [6, 6.07) is 20.8. The zero-order valence-corrected chi connectivity index (χ0v) is 19.3. The Bertz CT molecular complexity index is 1210. The molecular formula is C27H28N4O3. The summed E-state index contributed by atoms with van der Waals surface area (Å²) < 4.78 is 7.02. The van der Waals surface area contributed by atoms with Gasteiger partial charge in [-0.05, 0) is 46.4 Å². The molecule has 7 nitrogen and oxygen atoms in total. The van der Waals surface area contributed by atoms with Crippen molar-refractivity contribution >= 4 is 11.8 Å². The van der Waals surface area contributed by atoms with Crippen LogP contribution in [-0.4, -0.2) is 27.6 Å². The van der Waals surface area contributed by atoms with Gasteiger partial charge in [-0.15, -0.1) is 0 Å². The molecule has 0 aliphatic rings. The Morgan fingerprint density at radius 2 is 1.79 bits per heavy atom. The molecule has 2 aromatic heterocycles. The first-order valence-corrected chi connectivity index (χ1v) is 11.3. The van der Waals surface area contributed by atoms with Crippen LogP contribution in [0.15, 0.2) is 89.8 Å². The summed E-state index contributed by atoms with van der Waals surface area (Å²) in [5.74, 6) is -0.551. The molecule has 4 rings (SSSR count). The van der Waals surface area contributed by atoms with E-state index in [1.165, 1.54) is 6.26 Å². The van der Waals surface area contributed by atoms with E-state index in [0.29, 0.717) is 13.1 Å². The van der Waals surface area contributed by atoms with Crippen molar-refractivity contribution < 1.29 is 14.0 Å². The number of carbonyl (C=O) groups is 2. The highest BCUT2D eigenvalue weighted by Crippen LogP contribution is 2.24. The maximum absolute atomic E-state index is 12.9. The summed E-state index contributed by atoms with van der Waals surface area (Å²) in [5, 5.41) is 10.0. The fraction of sp³-hybridized carbons (Fsp3) is 0.222. The van der Waals surface area contributed by atoms with Crippen molar-refractivity contribution in [1.82, 2.24) is 20.4 Å². The SMILES string of the molecule is CC(C)C(NC(=O)c1ccco1)C(=O)NCc1ccccc1-c1ccc(Cn2cccn2)cc1. The van der Waals surface area contributed by atoms with E-state index in [9.17, 15) is 9.59 Å². The van der Waals surface area contributed by atoms with Crippen LogP contribution in [0.4, 0.5) is 0 Å². The average molecular weight is 457 g/mol. The van der Waals surface area contributed by atoms with Gasteiger partial charge in [-0.2, -0.15) is 5.10 Å². The second kappa shape index (κ2) is 10.7. The number of benzene rings is 2. The Balaban J connectivity index is 1.43. The van der Waals surface area contributed by atoms with Gasteiger partial charge in [0.1, 0.15) is 6.04 Å². The molecule has 0 spiro atoms. The molecule has 2 amide bonds. The van der Waals surface area contributed by atoms with Crippen LogP contribution in [0.25, 0.3) is 11.1 Å². The molecule has 0 aliphatic carbocycles. The van der Waals surface area contributed by atoms with E-state index >= 15 is 0 Å². The molecule has 0 fully saturated rings. The lowest BCUT2D eigenvalue weighted by Crippen LogP contribution is -2.49. The summed E-state index contributed by atoms with van der Waals surface area (Å²) >= 11 is 0. The predicted octanol–water partition coefficient (Wildman–Crippen LogP) is 4.26. The van der Waals surface area contributed by atoms with Gasteiger partial charge in [-0.1, -0.05) is 62.4 Å². The lowest BCUT2D eigenvalue weighted by Gasteiger charge is -2.21. The molecule has 2 N–H and O–H groups in total. The van der Waals surface area contributed by atoms with Crippen molar-refractivity contribution in [2.45, 2.75) is 33.0 Å². The maximum Gasteiger partial charge on any atom is 0.287 e. The van der Waals surface area contributed by atoms with Crippen molar-refractivity contribution in [3.05, 3.63) is 102 Å². The largest absolute Gasteiger partial charge is 0.459 e. The monoisotopic (exact) mass is 456 g/mol. The van der Waals surface area contributed by atoms with Gasteiger partial charge in [0.2, 0.25) is 5.91 Å². The number of nitrogens with one attached hydrogen (secondary N) is 2. The quantitative estimate of drug-likeness (QED) is 0.394. The van der Waals surface area contributed by atoms with Crippen LogP contribution in [-0.2, 0) is 17.9 Å². The van der Waals surface area contributed by atoms with Gasteiger partial charge in [-0.3, -0.25) is 14.3 Å². The van der Waals surface area contributed by atoms with Crippen LogP contribution in [0.2, 0.25) is 0 Å². The van der Waals surface area contributed by atoms with Crippen LogP contribution in [0.3, 0.4) is 0 Å². The number of hydrogen-bond acceptors (Lipinski definition) is 4. The molecule has 2 aromatic carbocycles. The standard InChI is InChI=1S/C27H28N4O3/c1-19(2)25(30-26(32)24-9-5-16-34-24)27(33)28-17-22-7-3-4-8-23(22)21-12-10-20(11-13-21)18-31-15-6-14-29-31/h3-16,19,25H,17-18H2,1-2H3,(H,28,33)(H,30,32). The molecule has 1 atom stereocenters. The molecule has 174 valence electrons. The fourth-order valence-corrected chi connectivity index (χ4v) is 3.77. The first-order chi connectivity index (χ1) is 16.5. The summed E-state index contributed by atoms with van der Waals surface area (Å²) in [6.45, 7) is 4.85. The summed E-state index contributed by atoms with van der Waals surface area (Å²) in [4.78, 5) is 25.3. The third kappa shape index (κ3) is 5.61. The van der Waals surface area contributed by atoms with E-state index in [1.54, 1.807) is 18.3 Å². The van der Waals surface area contributed by atoms with E-state index in [4.69, 9.17) is 4.42 Å². The van der Waals surface area contributed by atoms with Gasteiger partial charge in [0.05, 0.1) is 12.8 Å². The van der Waals surface area contributed by atoms with Crippen molar-refractivity contribution in [3.63, 3.8) is 0 Å². The minimum absolute atomic E-state index is 0.0866. The highest BCUT2D eigenvalue weighted by atomic mass is 16.3. The minimum Gasteiger partial charge on any atom is -0.459 e. The topological polar surface area (TPSA) is 89.2 Å². The number of furan rings is 1. The second-order valence-electron chi connectivity index (χ2n) is 8.45. The van der Waals surface area contributed by atoms with E-state index in [1.807, 2.05) is 55.1 Å². The van der Waals surface area contributed by atoms with Crippen molar-refractivity contribution in [3.8, 4) is 11.1 Å². The van der Waals surface area contributed by atoms with E-state index in [0.717, 1.165) is 22.3 Å². The predicted molar refractivity (Wildman–Crippen MR) is 130 cm³/mol. The Morgan fingerprint density at radius 3 is 2.47 bits per heavy atom. The van der Waals surface area contributed by atoms with Crippen LogP contribution in [0.1, 0.15) is 35.5 Å². The first kappa shape index (κ1) is 23.0. The number of carbonyl (C=O) groups excluding carboxylic acids is 2. The summed E-state index contributed by atoms with van der Waals surface area (Å²) in [5.41, 5.74) is 4.27. The molecule has 0 radical (unpaired) electrons. The van der Waals surface area contributed by atoms with Gasteiger partial charge in [0.25, 0.3) is 5.91 Å². The fourth-order valence-electron chi connectivity index (χ4n) is 3.77. The van der Waals surface area contributed by atoms with Gasteiger partial charge in [0.15, 0.2) is 5.76 Å².